The molecule has 1 fully saturated rings. The van der Waals surface area contributed by atoms with Gasteiger partial charge in [0, 0.05) is 44.6 Å². The smallest absolute Gasteiger partial charge is 0.328 e. The van der Waals surface area contributed by atoms with Crippen molar-refractivity contribution in [2.45, 2.75) is 25.9 Å². The van der Waals surface area contributed by atoms with Crippen molar-refractivity contribution in [3.63, 3.8) is 0 Å². The van der Waals surface area contributed by atoms with E-state index in [-0.39, 0.29) is 12.5 Å². The fourth-order valence-corrected chi connectivity index (χ4v) is 3.09. The molecule has 0 spiro atoms. The minimum Gasteiger partial charge on any atom is -0.371 e. The number of carbonyl (C=O) groups excluding carboxylic acids is 1. The number of hydrogen-bond acceptors (Lipinski definition) is 4. The van der Waals surface area contributed by atoms with Gasteiger partial charge in [0.15, 0.2) is 0 Å². The zero-order chi connectivity index (χ0) is 17.8. The molecule has 2 aromatic rings. The van der Waals surface area contributed by atoms with Gasteiger partial charge in [-0.25, -0.2) is 4.79 Å². The number of amides is 1. The molecule has 1 saturated heterocycles. The van der Waals surface area contributed by atoms with Gasteiger partial charge in [-0.05, 0) is 24.5 Å². The Balaban J connectivity index is 1.71. The van der Waals surface area contributed by atoms with Crippen LogP contribution in [0.25, 0.3) is 0 Å². The molecule has 0 unspecified atom stereocenters. The van der Waals surface area contributed by atoms with Crippen LogP contribution < -0.4 is 16.1 Å². The first-order chi connectivity index (χ1) is 12.0. The van der Waals surface area contributed by atoms with E-state index in [0.29, 0.717) is 6.54 Å². The molecule has 25 heavy (non-hydrogen) atoms. The Kier molecular flexibility index (Phi) is 5.02. The summed E-state index contributed by atoms with van der Waals surface area (Å²) in [6, 6.07) is 9.34. The van der Waals surface area contributed by atoms with E-state index in [9.17, 15) is 14.4 Å². The van der Waals surface area contributed by atoms with Crippen molar-refractivity contribution >= 4 is 11.6 Å². The third kappa shape index (κ3) is 3.99. The predicted molar refractivity (Wildman–Crippen MR) is 95.7 cm³/mol. The second-order valence-corrected chi connectivity index (χ2v) is 6.31. The lowest BCUT2D eigenvalue weighted by Gasteiger charge is -2.24. The average molecular weight is 342 g/mol. The summed E-state index contributed by atoms with van der Waals surface area (Å²) in [6.45, 7) is 2.46. The lowest BCUT2D eigenvalue weighted by Crippen LogP contribution is -2.36. The first-order valence-electron chi connectivity index (χ1n) is 8.41. The molecule has 1 amide bonds. The fraction of sp³-hybridized carbons (Fsp3) is 0.389. The van der Waals surface area contributed by atoms with Gasteiger partial charge in [0.1, 0.15) is 6.54 Å². The number of carbonyl (C=O) groups is 1. The number of nitrogens with zero attached hydrogens (tertiary/aromatic N) is 3. The van der Waals surface area contributed by atoms with E-state index in [1.54, 1.807) is 11.9 Å². The Morgan fingerprint density at radius 3 is 2.60 bits per heavy atom. The number of H-pyrrole nitrogens is 1. The van der Waals surface area contributed by atoms with Crippen molar-refractivity contribution in [3.8, 4) is 0 Å². The number of aromatic amines is 1. The van der Waals surface area contributed by atoms with E-state index in [1.165, 1.54) is 35.4 Å². The maximum Gasteiger partial charge on any atom is 0.328 e. The van der Waals surface area contributed by atoms with Crippen molar-refractivity contribution in [1.82, 2.24) is 14.5 Å². The van der Waals surface area contributed by atoms with Gasteiger partial charge in [-0.15, -0.1) is 0 Å². The molecule has 7 nitrogen and oxygen atoms in total. The summed E-state index contributed by atoms with van der Waals surface area (Å²) in [4.78, 5) is 41.4. The molecule has 0 aliphatic carbocycles. The SMILES string of the molecule is CN(Cc1ccccc1N1CCCC1)C(=O)Cn1ccc(=O)[nH]c1=O. The Morgan fingerprint density at radius 1 is 1.16 bits per heavy atom. The number of likely N-dealkylation sites (N-methyl/N-ethyl adjacent to an activating group) is 1. The van der Waals surface area contributed by atoms with Gasteiger partial charge in [0.2, 0.25) is 5.91 Å². The van der Waals surface area contributed by atoms with Crippen LogP contribution in [0, 0.1) is 0 Å². The molecule has 1 aliphatic rings. The standard InChI is InChI=1S/C18H22N4O3/c1-20(17(24)13-22-11-8-16(23)19-18(22)25)12-14-6-2-3-7-15(14)21-9-4-5-10-21/h2-3,6-8,11H,4-5,9-10,12-13H2,1H3,(H,19,23,25). The van der Waals surface area contributed by atoms with E-state index in [1.807, 2.05) is 18.2 Å². The number of aromatic nitrogens is 2. The highest BCUT2D eigenvalue weighted by atomic mass is 16.2. The van der Waals surface area contributed by atoms with Gasteiger partial charge in [0.25, 0.3) is 5.56 Å². The first-order valence-corrected chi connectivity index (χ1v) is 8.41. The third-order valence-corrected chi connectivity index (χ3v) is 4.47. The third-order valence-electron chi connectivity index (χ3n) is 4.47. The van der Waals surface area contributed by atoms with Gasteiger partial charge in [-0.3, -0.25) is 19.1 Å². The number of anilines is 1. The van der Waals surface area contributed by atoms with E-state index >= 15 is 0 Å². The van der Waals surface area contributed by atoms with E-state index in [0.717, 1.165) is 18.7 Å². The van der Waals surface area contributed by atoms with Crippen molar-refractivity contribution in [1.29, 1.82) is 0 Å². The molecule has 2 heterocycles. The second kappa shape index (κ2) is 7.38. The maximum absolute atomic E-state index is 12.4. The molecule has 0 radical (unpaired) electrons. The largest absolute Gasteiger partial charge is 0.371 e. The Bertz CT molecular complexity index is 865. The number of nitrogens with one attached hydrogen (secondary N) is 1. The monoisotopic (exact) mass is 342 g/mol. The molecule has 1 aromatic carbocycles. The summed E-state index contributed by atoms with van der Waals surface area (Å²) in [5, 5.41) is 0. The van der Waals surface area contributed by atoms with Crippen LogP contribution in [-0.2, 0) is 17.9 Å². The normalized spacial score (nSPS) is 13.9. The lowest BCUT2D eigenvalue weighted by atomic mass is 10.1. The van der Waals surface area contributed by atoms with Gasteiger partial charge < -0.3 is 9.80 Å². The van der Waals surface area contributed by atoms with Crippen LogP contribution in [-0.4, -0.2) is 40.5 Å². The highest BCUT2D eigenvalue weighted by molar-refractivity contribution is 5.76. The Labute approximate surface area is 145 Å². The molecule has 1 aromatic heterocycles. The van der Waals surface area contributed by atoms with Crippen LogP contribution in [0.3, 0.4) is 0 Å². The van der Waals surface area contributed by atoms with Crippen molar-refractivity contribution in [2.75, 3.05) is 25.0 Å². The fourth-order valence-electron chi connectivity index (χ4n) is 3.09. The minimum atomic E-state index is -0.577. The van der Waals surface area contributed by atoms with Crippen molar-refractivity contribution < 1.29 is 4.79 Å². The van der Waals surface area contributed by atoms with E-state index < -0.39 is 11.2 Å². The highest BCUT2D eigenvalue weighted by Gasteiger charge is 2.18. The summed E-state index contributed by atoms with van der Waals surface area (Å²) < 4.78 is 1.20. The van der Waals surface area contributed by atoms with Gasteiger partial charge >= 0.3 is 5.69 Å². The lowest BCUT2D eigenvalue weighted by molar-refractivity contribution is -0.131. The molecule has 132 valence electrons. The quantitative estimate of drug-likeness (QED) is 0.872. The predicted octanol–water partition coefficient (Wildman–Crippen LogP) is 0.795. The Hall–Kier alpha value is -2.83. The van der Waals surface area contributed by atoms with Crippen LogP contribution in [0.15, 0.2) is 46.1 Å². The first kappa shape index (κ1) is 17.0. The summed E-state index contributed by atoms with van der Waals surface area (Å²) in [6.07, 6.45) is 3.72. The summed E-state index contributed by atoms with van der Waals surface area (Å²) >= 11 is 0. The molecule has 0 atom stereocenters. The molecule has 3 rings (SSSR count). The van der Waals surface area contributed by atoms with Crippen LogP contribution in [0.2, 0.25) is 0 Å². The second-order valence-electron chi connectivity index (χ2n) is 6.31. The number of benzene rings is 1. The van der Waals surface area contributed by atoms with Crippen LogP contribution in [0.1, 0.15) is 18.4 Å². The van der Waals surface area contributed by atoms with Crippen molar-refractivity contribution in [3.05, 3.63) is 62.9 Å². The molecular weight excluding hydrogens is 320 g/mol. The van der Waals surface area contributed by atoms with Gasteiger partial charge in [-0.1, -0.05) is 18.2 Å². The topological polar surface area (TPSA) is 78.4 Å². The summed E-state index contributed by atoms with van der Waals surface area (Å²) in [5.41, 5.74) is 1.21. The van der Waals surface area contributed by atoms with Crippen LogP contribution in [0.5, 0.6) is 0 Å². The van der Waals surface area contributed by atoms with Gasteiger partial charge in [0.05, 0.1) is 0 Å². The highest BCUT2D eigenvalue weighted by Crippen LogP contribution is 2.25. The Morgan fingerprint density at radius 2 is 1.88 bits per heavy atom. The van der Waals surface area contributed by atoms with Gasteiger partial charge in [-0.2, -0.15) is 0 Å². The molecule has 1 aliphatic heterocycles. The molecule has 0 saturated carbocycles. The molecular formula is C18H22N4O3. The number of hydrogen-bond donors (Lipinski definition) is 1. The molecule has 1 N–H and O–H groups in total. The van der Waals surface area contributed by atoms with Crippen LogP contribution in [0.4, 0.5) is 5.69 Å². The molecule has 0 bridgehead atoms. The van der Waals surface area contributed by atoms with E-state index in [4.69, 9.17) is 0 Å². The summed E-state index contributed by atoms with van der Waals surface area (Å²) in [5.74, 6) is -0.189. The maximum atomic E-state index is 12.4. The van der Waals surface area contributed by atoms with E-state index in [2.05, 4.69) is 16.0 Å². The number of rotatable bonds is 5. The molecule has 7 heteroatoms. The zero-order valence-corrected chi connectivity index (χ0v) is 14.3. The van der Waals surface area contributed by atoms with Crippen LogP contribution >= 0.6 is 0 Å². The summed E-state index contributed by atoms with van der Waals surface area (Å²) in [7, 11) is 1.72. The minimum absolute atomic E-state index is 0.0992. The van der Waals surface area contributed by atoms with Crippen molar-refractivity contribution in [2.24, 2.45) is 0 Å². The average Bonchev–Trinajstić information content (AvgIpc) is 3.12. The number of para-hydroxylation sites is 1. The zero-order valence-electron chi connectivity index (χ0n) is 14.3.